The SMILES string of the molecule is Cn1cnnc1C1(c2cccc(-n3cnc4c(C(F)(F)F)cc(CNCC5CC5)cc4c3=O)c2)CC2(CC(C)(C)C2)C1. The van der Waals surface area contributed by atoms with E-state index in [2.05, 4.69) is 40.4 Å². The van der Waals surface area contributed by atoms with Crippen LogP contribution in [0.15, 0.2) is 53.8 Å². The van der Waals surface area contributed by atoms with Gasteiger partial charge in [0.05, 0.1) is 27.6 Å². The van der Waals surface area contributed by atoms with E-state index in [1.165, 1.54) is 10.9 Å². The molecule has 0 amide bonds. The van der Waals surface area contributed by atoms with Crippen LogP contribution in [0.1, 0.15) is 74.9 Å². The number of hydrogen-bond acceptors (Lipinski definition) is 5. The van der Waals surface area contributed by atoms with Gasteiger partial charge in [-0.1, -0.05) is 26.0 Å². The Labute approximate surface area is 242 Å². The van der Waals surface area contributed by atoms with E-state index >= 15 is 0 Å². The van der Waals surface area contributed by atoms with Crippen LogP contribution in [0, 0.1) is 16.7 Å². The van der Waals surface area contributed by atoms with E-state index in [9.17, 15) is 18.0 Å². The van der Waals surface area contributed by atoms with Gasteiger partial charge < -0.3 is 9.88 Å². The average Bonchev–Trinajstić information content (AvgIpc) is 3.62. The van der Waals surface area contributed by atoms with Gasteiger partial charge in [-0.3, -0.25) is 9.36 Å². The molecule has 3 fully saturated rings. The van der Waals surface area contributed by atoms with Crippen LogP contribution in [0.3, 0.4) is 0 Å². The van der Waals surface area contributed by atoms with Crippen LogP contribution < -0.4 is 10.9 Å². The van der Waals surface area contributed by atoms with Crippen LogP contribution in [0.25, 0.3) is 16.6 Å². The standard InChI is InChI=1S/C32H35F3N6O/c1-29(2)14-30(15-29)16-31(17-30,28-39-38-19-40(28)3)22-5-4-6-23(11-22)41-18-37-26-24(27(41)42)9-21(10-25(26)32(33,34)35)13-36-12-20-7-8-20/h4-6,9-11,18-20,36H,7-8,12-17H2,1-3H3. The minimum Gasteiger partial charge on any atom is -0.320 e. The lowest BCUT2D eigenvalue weighted by molar-refractivity contribution is -0.136. The first-order valence-corrected chi connectivity index (χ1v) is 14.7. The molecule has 0 saturated heterocycles. The summed E-state index contributed by atoms with van der Waals surface area (Å²) in [5, 5.41) is 11.9. The molecule has 42 heavy (non-hydrogen) atoms. The summed E-state index contributed by atoms with van der Waals surface area (Å²) in [4.78, 5) is 18.0. The average molecular weight is 577 g/mol. The molecule has 7 rings (SSSR count). The van der Waals surface area contributed by atoms with Crippen LogP contribution in [0.5, 0.6) is 0 Å². The van der Waals surface area contributed by atoms with Gasteiger partial charge >= 0.3 is 6.18 Å². The zero-order valence-corrected chi connectivity index (χ0v) is 24.1. The molecule has 3 aliphatic carbocycles. The second-order valence-corrected chi connectivity index (χ2v) is 13.8. The summed E-state index contributed by atoms with van der Waals surface area (Å²) in [6.45, 7) is 5.63. The first kappa shape index (κ1) is 27.3. The van der Waals surface area contributed by atoms with Crippen LogP contribution in [-0.4, -0.2) is 30.9 Å². The third-order valence-electron chi connectivity index (χ3n) is 9.56. The highest BCUT2D eigenvalue weighted by molar-refractivity contribution is 5.82. The summed E-state index contributed by atoms with van der Waals surface area (Å²) < 4.78 is 45.5. The van der Waals surface area contributed by atoms with Gasteiger partial charge in [0, 0.05) is 13.6 Å². The number of nitrogens with zero attached hydrogens (tertiary/aromatic N) is 5. The molecular formula is C32H35F3N6O. The summed E-state index contributed by atoms with van der Waals surface area (Å²) >= 11 is 0. The largest absolute Gasteiger partial charge is 0.418 e. The number of aryl methyl sites for hydroxylation is 1. The fourth-order valence-electron chi connectivity index (χ4n) is 8.16. The molecule has 1 spiro atoms. The third-order valence-corrected chi connectivity index (χ3v) is 9.56. The van der Waals surface area contributed by atoms with E-state index in [0.717, 1.165) is 62.5 Å². The number of benzene rings is 2. The lowest BCUT2D eigenvalue weighted by Gasteiger charge is -2.66. The number of nitrogens with one attached hydrogen (secondary N) is 1. The van der Waals surface area contributed by atoms with Crippen LogP contribution in [0.4, 0.5) is 13.2 Å². The molecule has 3 saturated carbocycles. The van der Waals surface area contributed by atoms with E-state index in [1.54, 1.807) is 18.5 Å². The number of fused-ring (bicyclic) bond motifs is 1. The van der Waals surface area contributed by atoms with Crippen molar-refractivity contribution in [3.05, 3.63) is 81.9 Å². The van der Waals surface area contributed by atoms with Crippen molar-refractivity contribution in [3.8, 4) is 5.69 Å². The van der Waals surface area contributed by atoms with Crippen molar-refractivity contribution in [2.75, 3.05) is 6.54 Å². The highest BCUT2D eigenvalue weighted by atomic mass is 19.4. The van der Waals surface area contributed by atoms with Crippen LogP contribution in [-0.2, 0) is 25.2 Å². The maximum Gasteiger partial charge on any atom is 0.418 e. The van der Waals surface area contributed by atoms with Gasteiger partial charge in [0.2, 0.25) is 0 Å². The zero-order valence-electron chi connectivity index (χ0n) is 24.1. The first-order chi connectivity index (χ1) is 19.9. The van der Waals surface area contributed by atoms with Crippen molar-refractivity contribution in [2.45, 2.75) is 70.5 Å². The summed E-state index contributed by atoms with van der Waals surface area (Å²) in [6.07, 6.45) is 4.78. The number of aromatic nitrogens is 5. The number of rotatable bonds is 7. The Kier molecular flexibility index (Phi) is 6.00. The van der Waals surface area contributed by atoms with E-state index in [-0.39, 0.29) is 28.3 Å². The number of halogens is 3. The summed E-state index contributed by atoms with van der Waals surface area (Å²) in [5.74, 6) is 1.47. The molecule has 7 nitrogen and oxygen atoms in total. The molecule has 0 bridgehead atoms. The summed E-state index contributed by atoms with van der Waals surface area (Å²) in [6, 6.07) is 10.4. The van der Waals surface area contributed by atoms with Crippen LogP contribution in [0.2, 0.25) is 0 Å². The van der Waals surface area contributed by atoms with Crippen molar-refractivity contribution in [1.82, 2.24) is 29.6 Å². The Morgan fingerprint density at radius 1 is 1.05 bits per heavy atom. The fourth-order valence-corrected chi connectivity index (χ4v) is 8.16. The maximum atomic E-state index is 14.1. The highest BCUT2D eigenvalue weighted by Crippen LogP contribution is 2.71. The molecule has 0 radical (unpaired) electrons. The Morgan fingerprint density at radius 3 is 2.45 bits per heavy atom. The predicted octanol–water partition coefficient (Wildman–Crippen LogP) is 5.92. The monoisotopic (exact) mass is 576 g/mol. The minimum absolute atomic E-state index is 0.0386. The van der Waals surface area contributed by atoms with E-state index < -0.39 is 17.3 Å². The highest BCUT2D eigenvalue weighted by Gasteiger charge is 2.64. The molecule has 3 aliphatic rings. The fraction of sp³-hybridized carbons (Fsp3) is 0.500. The third kappa shape index (κ3) is 4.55. The molecule has 4 aromatic rings. The maximum absolute atomic E-state index is 14.1. The van der Waals surface area contributed by atoms with E-state index in [0.29, 0.717) is 22.6 Å². The van der Waals surface area contributed by atoms with Gasteiger partial charge in [0.15, 0.2) is 0 Å². The molecule has 0 atom stereocenters. The van der Waals surface area contributed by atoms with Crippen molar-refractivity contribution in [2.24, 2.45) is 23.8 Å². The van der Waals surface area contributed by atoms with Gasteiger partial charge in [-0.05, 0) is 97.2 Å². The molecule has 1 N–H and O–H groups in total. The topological polar surface area (TPSA) is 77.6 Å². The Hall–Kier alpha value is -3.53. The molecular weight excluding hydrogens is 541 g/mol. The molecule has 2 aromatic carbocycles. The van der Waals surface area contributed by atoms with E-state index in [4.69, 9.17) is 0 Å². The molecule has 0 unspecified atom stereocenters. The van der Waals surface area contributed by atoms with Crippen molar-refractivity contribution >= 4 is 10.9 Å². The summed E-state index contributed by atoms with van der Waals surface area (Å²) in [7, 11) is 1.95. The van der Waals surface area contributed by atoms with Gasteiger partial charge in [-0.15, -0.1) is 10.2 Å². The zero-order chi connectivity index (χ0) is 29.5. The van der Waals surface area contributed by atoms with Gasteiger partial charge in [-0.2, -0.15) is 13.2 Å². The predicted molar refractivity (Wildman–Crippen MR) is 153 cm³/mol. The lowest BCUT2D eigenvalue weighted by Crippen LogP contribution is -2.59. The second kappa shape index (κ2) is 9.23. The smallest absolute Gasteiger partial charge is 0.320 e. The van der Waals surface area contributed by atoms with Crippen molar-refractivity contribution in [1.29, 1.82) is 0 Å². The van der Waals surface area contributed by atoms with Gasteiger partial charge in [0.25, 0.3) is 5.56 Å². The lowest BCUT2D eigenvalue weighted by atomic mass is 9.38. The quantitative estimate of drug-likeness (QED) is 0.296. The normalized spacial score (nSPS) is 20.4. The Bertz CT molecular complexity index is 1730. The molecule has 2 heterocycles. The molecule has 2 aromatic heterocycles. The summed E-state index contributed by atoms with van der Waals surface area (Å²) in [5.41, 5.74) is 0.525. The number of alkyl halides is 3. The Balaban J connectivity index is 1.29. The molecule has 0 aliphatic heterocycles. The second-order valence-electron chi connectivity index (χ2n) is 13.8. The van der Waals surface area contributed by atoms with Crippen molar-refractivity contribution < 1.29 is 13.2 Å². The van der Waals surface area contributed by atoms with Crippen LogP contribution >= 0.6 is 0 Å². The first-order valence-electron chi connectivity index (χ1n) is 14.7. The molecule has 10 heteroatoms. The Morgan fingerprint density at radius 2 is 1.81 bits per heavy atom. The van der Waals surface area contributed by atoms with E-state index in [1.807, 2.05) is 23.7 Å². The van der Waals surface area contributed by atoms with Gasteiger partial charge in [-0.25, -0.2) is 4.98 Å². The van der Waals surface area contributed by atoms with Gasteiger partial charge in [0.1, 0.15) is 18.5 Å². The minimum atomic E-state index is -4.63. The molecule has 220 valence electrons. The van der Waals surface area contributed by atoms with Crippen molar-refractivity contribution in [3.63, 3.8) is 0 Å². The number of hydrogen-bond donors (Lipinski definition) is 1.